The highest BCUT2D eigenvalue weighted by Crippen LogP contribution is 2.32. The fourth-order valence-corrected chi connectivity index (χ4v) is 2.93. The van der Waals surface area contributed by atoms with Gasteiger partial charge in [-0.1, -0.05) is 18.2 Å². The third kappa shape index (κ3) is 3.54. The highest BCUT2D eigenvalue weighted by Gasteiger charge is 2.42. The Bertz CT molecular complexity index is 439. The molecule has 1 N–H and O–H groups in total. The Morgan fingerprint density at radius 3 is 2.52 bits per heavy atom. The van der Waals surface area contributed by atoms with Crippen molar-refractivity contribution in [2.45, 2.75) is 25.3 Å². The summed E-state index contributed by atoms with van der Waals surface area (Å²) in [5.41, 5.74) is 0.503. The molecule has 5 nitrogen and oxygen atoms in total. The van der Waals surface area contributed by atoms with E-state index in [1.54, 1.807) is 12.0 Å². The lowest BCUT2D eigenvalue weighted by Gasteiger charge is -2.45. The number of benzene rings is 1. The molecule has 1 fully saturated rings. The molecule has 1 saturated heterocycles. The number of nitrogens with zero attached hydrogens (tertiary/aromatic N) is 1. The number of rotatable bonds is 5. The number of nitrogens with one attached hydrogen (secondary N) is 1. The van der Waals surface area contributed by atoms with E-state index in [4.69, 9.17) is 9.47 Å². The predicted octanol–water partition coefficient (Wildman–Crippen LogP) is 2.42. The fraction of sp³-hybridized carbons (Fsp3) is 0.562. The summed E-state index contributed by atoms with van der Waals surface area (Å²) in [7, 11) is 1.68. The quantitative estimate of drug-likeness (QED) is 0.905. The summed E-state index contributed by atoms with van der Waals surface area (Å²) in [6.45, 7) is 4.43. The molecule has 0 unspecified atom stereocenters. The zero-order chi connectivity index (χ0) is 15.1. The normalized spacial score (nSPS) is 17.2. The number of carbonyl (C=O) groups excluding carboxylic acids is 1. The molecule has 1 aromatic carbocycles. The minimum atomic E-state index is -0.354. The lowest BCUT2D eigenvalue weighted by molar-refractivity contribution is 0.0935. The molecule has 0 saturated carbocycles. The molecule has 5 heteroatoms. The molecule has 1 heterocycles. The Morgan fingerprint density at radius 2 is 1.95 bits per heavy atom. The zero-order valence-electron chi connectivity index (χ0n) is 12.8. The third-order valence-corrected chi connectivity index (χ3v) is 3.89. The summed E-state index contributed by atoms with van der Waals surface area (Å²) in [5.74, 6) is 0. The minimum absolute atomic E-state index is 0.303. The number of ether oxygens (including phenoxy) is 2. The second-order valence-corrected chi connectivity index (χ2v) is 5.28. The lowest BCUT2D eigenvalue weighted by Crippen LogP contribution is -2.60. The molecule has 1 aromatic rings. The highest BCUT2D eigenvalue weighted by molar-refractivity contribution is 5.89. The van der Waals surface area contributed by atoms with Gasteiger partial charge in [0.05, 0.1) is 18.8 Å². The molecule has 0 atom stereocenters. The van der Waals surface area contributed by atoms with Crippen molar-refractivity contribution < 1.29 is 14.3 Å². The van der Waals surface area contributed by atoms with Crippen molar-refractivity contribution in [3.63, 3.8) is 0 Å². The fourth-order valence-electron chi connectivity index (χ4n) is 2.93. The summed E-state index contributed by atoms with van der Waals surface area (Å²) in [6, 6.07) is 9.69. The van der Waals surface area contributed by atoms with Crippen molar-refractivity contribution in [3.8, 4) is 0 Å². The van der Waals surface area contributed by atoms with E-state index >= 15 is 0 Å². The Balaban J connectivity index is 2.38. The van der Waals surface area contributed by atoms with Crippen LogP contribution in [0, 0.1) is 0 Å². The Labute approximate surface area is 126 Å². The van der Waals surface area contributed by atoms with Crippen molar-refractivity contribution in [2.75, 3.05) is 38.3 Å². The van der Waals surface area contributed by atoms with Crippen molar-refractivity contribution in [2.24, 2.45) is 0 Å². The zero-order valence-corrected chi connectivity index (χ0v) is 12.8. The number of piperidine rings is 1. The van der Waals surface area contributed by atoms with E-state index < -0.39 is 0 Å². The number of amides is 1. The summed E-state index contributed by atoms with van der Waals surface area (Å²) < 4.78 is 10.7. The maximum Gasteiger partial charge on any atom is 0.414 e. The average molecular weight is 292 g/mol. The van der Waals surface area contributed by atoms with Crippen LogP contribution >= 0.6 is 0 Å². The van der Waals surface area contributed by atoms with E-state index in [1.807, 2.05) is 37.3 Å². The second kappa shape index (κ2) is 7.43. The van der Waals surface area contributed by atoms with Crippen LogP contribution in [0.1, 0.15) is 19.8 Å². The van der Waals surface area contributed by atoms with Gasteiger partial charge in [0.15, 0.2) is 0 Å². The highest BCUT2D eigenvalue weighted by atomic mass is 16.6. The van der Waals surface area contributed by atoms with Gasteiger partial charge in [-0.05, 0) is 45.0 Å². The van der Waals surface area contributed by atoms with E-state index in [-0.39, 0.29) is 11.6 Å². The van der Waals surface area contributed by atoms with Crippen molar-refractivity contribution in [3.05, 3.63) is 30.3 Å². The van der Waals surface area contributed by atoms with Gasteiger partial charge in [0.2, 0.25) is 0 Å². The Kier molecular flexibility index (Phi) is 5.59. The molecule has 116 valence electrons. The molecule has 0 radical (unpaired) electrons. The summed E-state index contributed by atoms with van der Waals surface area (Å²) >= 11 is 0. The predicted molar refractivity (Wildman–Crippen MR) is 82.7 cm³/mol. The van der Waals surface area contributed by atoms with Crippen LogP contribution in [-0.2, 0) is 9.47 Å². The van der Waals surface area contributed by atoms with Gasteiger partial charge in [-0.25, -0.2) is 4.79 Å². The number of para-hydroxylation sites is 1. The molecule has 2 rings (SSSR count). The van der Waals surface area contributed by atoms with Crippen LogP contribution in [0.15, 0.2) is 30.3 Å². The molecule has 1 aliphatic rings. The van der Waals surface area contributed by atoms with Crippen molar-refractivity contribution in [1.29, 1.82) is 0 Å². The van der Waals surface area contributed by atoms with Crippen LogP contribution in [-0.4, -0.2) is 45.0 Å². The van der Waals surface area contributed by atoms with Gasteiger partial charge in [-0.15, -0.1) is 0 Å². The topological polar surface area (TPSA) is 50.8 Å². The minimum Gasteiger partial charge on any atom is -0.449 e. The largest absolute Gasteiger partial charge is 0.449 e. The molecule has 0 aromatic heterocycles. The van der Waals surface area contributed by atoms with Crippen molar-refractivity contribution >= 4 is 11.8 Å². The number of hydrogen-bond acceptors (Lipinski definition) is 4. The first-order valence-electron chi connectivity index (χ1n) is 7.45. The first kappa shape index (κ1) is 15.8. The molecular formula is C16H24N2O3. The summed E-state index contributed by atoms with van der Waals surface area (Å²) in [5, 5.41) is 3.34. The van der Waals surface area contributed by atoms with Crippen LogP contribution in [0.2, 0.25) is 0 Å². The van der Waals surface area contributed by atoms with Gasteiger partial charge in [0.25, 0.3) is 0 Å². The lowest BCUT2D eigenvalue weighted by atomic mass is 9.86. The third-order valence-electron chi connectivity index (χ3n) is 3.89. The van der Waals surface area contributed by atoms with E-state index in [0.29, 0.717) is 13.2 Å². The first-order valence-corrected chi connectivity index (χ1v) is 7.45. The second-order valence-electron chi connectivity index (χ2n) is 5.28. The van der Waals surface area contributed by atoms with Gasteiger partial charge in [-0.3, -0.25) is 4.90 Å². The van der Waals surface area contributed by atoms with Crippen LogP contribution in [0.3, 0.4) is 0 Å². The van der Waals surface area contributed by atoms with Gasteiger partial charge in [0, 0.05) is 12.8 Å². The molecule has 1 aliphatic heterocycles. The summed E-state index contributed by atoms with van der Waals surface area (Å²) in [6.07, 6.45) is 1.38. The van der Waals surface area contributed by atoms with Crippen LogP contribution in [0.4, 0.5) is 10.5 Å². The number of anilines is 1. The number of carbonyl (C=O) groups is 1. The van der Waals surface area contributed by atoms with Gasteiger partial charge in [-0.2, -0.15) is 0 Å². The maximum atomic E-state index is 12.6. The average Bonchev–Trinajstić information content (AvgIpc) is 2.50. The Morgan fingerprint density at radius 1 is 1.29 bits per heavy atom. The van der Waals surface area contributed by atoms with Gasteiger partial charge < -0.3 is 14.8 Å². The summed E-state index contributed by atoms with van der Waals surface area (Å²) in [4.78, 5) is 14.3. The number of methoxy groups -OCH3 is 1. The van der Waals surface area contributed by atoms with Gasteiger partial charge >= 0.3 is 6.09 Å². The van der Waals surface area contributed by atoms with E-state index in [0.717, 1.165) is 31.6 Å². The first-order chi connectivity index (χ1) is 10.2. The molecule has 1 amide bonds. The Hall–Kier alpha value is -1.59. The molecule has 21 heavy (non-hydrogen) atoms. The standard InChI is InChI=1S/C16H24N2O3/c1-3-21-15(19)18(14-7-5-4-6-8-14)16(13-20-2)9-11-17-12-10-16/h4-8,17H,3,9-13H2,1-2H3. The molecule has 0 spiro atoms. The van der Waals surface area contributed by atoms with Crippen LogP contribution < -0.4 is 10.2 Å². The SMILES string of the molecule is CCOC(=O)N(c1ccccc1)C1(COC)CCNCC1. The molecule has 0 aliphatic carbocycles. The van der Waals surface area contributed by atoms with Crippen LogP contribution in [0.5, 0.6) is 0 Å². The maximum absolute atomic E-state index is 12.6. The molecule has 0 bridgehead atoms. The van der Waals surface area contributed by atoms with E-state index in [9.17, 15) is 4.79 Å². The molecular weight excluding hydrogens is 268 g/mol. The smallest absolute Gasteiger partial charge is 0.414 e. The van der Waals surface area contributed by atoms with E-state index in [2.05, 4.69) is 5.32 Å². The van der Waals surface area contributed by atoms with Crippen molar-refractivity contribution in [1.82, 2.24) is 5.32 Å². The van der Waals surface area contributed by atoms with E-state index in [1.165, 1.54) is 0 Å². The number of hydrogen-bond donors (Lipinski definition) is 1. The van der Waals surface area contributed by atoms with Crippen LogP contribution in [0.25, 0.3) is 0 Å². The van der Waals surface area contributed by atoms with Gasteiger partial charge in [0.1, 0.15) is 0 Å². The monoisotopic (exact) mass is 292 g/mol.